The summed E-state index contributed by atoms with van der Waals surface area (Å²) in [6, 6.07) is 7.46. The highest BCUT2D eigenvalue weighted by Crippen LogP contribution is 2.34. The molecule has 0 heterocycles. The van der Waals surface area contributed by atoms with Crippen molar-refractivity contribution in [3.63, 3.8) is 0 Å². The molecule has 20 heavy (non-hydrogen) atoms. The molecule has 0 saturated heterocycles. The zero-order valence-electron chi connectivity index (χ0n) is 10.1. The van der Waals surface area contributed by atoms with E-state index in [1.54, 1.807) is 24.3 Å². The van der Waals surface area contributed by atoms with Crippen LogP contribution in [0.15, 0.2) is 42.5 Å². The van der Waals surface area contributed by atoms with E-state index in [0.717, 1.165) is 6.07 Å². The number of hydrogen-bond donors (Lipinski definition) is 1. The molecule has 106 valence electrons. The van der Waals surface area contributed by atoms with Crippen molar-refractivity contribution in [2.24, 2.45) is 5.73 Å². The van der Waals surface area contributed by atoms with Crippen LogP contribution in [0, 0.1) is 5.82 Å². The summed E-state index contributed by atoms with van der Waals surface area (Å²) in [6.45, 7) is 0. The molecule has 1 unspecified atom stereocenters. The molecular weight excluding hydrogens is 294 g/mol. The zero-order valence-corrected chi connectivity index (χ0v) is 10.8. The minimum Gasteiger partial charge on any atom is -0.320 e. The first-order valence-electron chi connectivity index (χ1n) is 5.67. The maximum Gasteiger partial charge on any atom is 0.416 e. The lowest BCUT2D eigenvalue weighted by Gasteiger charge is -2.17. The Morgan fingerprint density at radius 3 is 2.25 bits per heavy atom. The van der Waals surface area contributed by atoms with Crippen LogP contribution >= 0.6 is 11.6 Å². The molecule has 0 radical (unpaired) electrons. The van der Waals surface area contributed by atoms with Crippen LogP contribution in [0.1, 0.15) is 22.7 Å². The summed E-state index contributed by atoms with van der Waals surface area (Å²) < 4.78 is 51.7. The zero-order chi connectivity index (χ0) is 14.9. The van der Waals surface area contributed by atoms with Crippen LogP contribution in [0.25, 0.3) is 0 Å². The fraction of sp³-hybridized carbons (Fsp3) is 0.143. The Labute approximate surface area is 118 Å². The van der Waals surface area contributed by atoms with Crippen molar-refractivity contribution in [1.82, 2.24) is 0 Å². The Kier molecular flexibility index (Phi) is 4.01. The molecule has 0 aliphatic carbocycles. The highest BCUT2D eigenvalue weighted by Gasteiger charge is 2.32. The molecule has 0 spiro atoms. The van der Waals surface area contributed by atoms with Gasteiger partial charge in [0.2, 0.25) is 0 Å². The minimum atomic E-state index is -4.55. The van der Waals surface area contributed by atoms with Gasteiger partial charge in [0.05, 0.1) is 11.6 Å². The quantitative estimate of drug-likeness (QED) is 0.810. The molecule has 1 atom stereocenters. The van der Waals surface area contributed by atoms with E-state index >= 15 is 0 Å². The van der Waals surface area contributed by atoms with E-state index in [0.29, 0.717) is 17.7 Å². The van der Waals surface area contributed by atoms with Crippen LogP contribution < -0.4 is 5.73 Å². The SMILES string of the molecule is NC(c1cc(C(F)(F)F)ccc1F)c1ccccc1Cl. The first-order chi connectivity index (χ1) is 9.30. The average Bonchev–Trinajstić information content (AvgIpc) is 2.37. The van der Waals surface area contributed by atoms with Gasteiger partial charge in [-0.25, -0.2) is 4.39 Å². The summed E-state index contributed by atoms with van der Waals surface area (Å²) in [6.07, 6.45) is -4.55. The summed E-state index contributed by atoms with van der Waals surface area (Å²) in [7, 11) is 0. The van der Waals surface area contributed by atoms with Gasteiger partial charge >= 0.3 is 6.18 Å². The number of rotatable bonds is 2. The molecule has 0 amide bonds. The Balaban J connectivity index is 2.50. The number of alkyl halides is 3. The molecule has 1 nitrogen and oxygen atoms in total. The average molecular weight is 304 g/mol. The molecule has 0 bridgehead atoms. The van der Waals surface area contributed by atoms with Crippen LogP contribution in [-0.4, -0.2) is 0 Å². The van der Waals surface area contributed by atoms with E-state index in [-0.39, 0.29) is 10.6 Å². The Morgan fingerprint density at radius 1 is 1.00 bits per heavy atom. The van der Waals surface area contributed by atoms with Crippen LogP contribution in [0.3, 0.4) is 0 Å². The Morgan fingerprint density at radius 2 is 1.65 bits per heavy atom. The van der Waals surface area contributed by atoms with Gasteiger partial charge in [0.1, 0.15) is 5.82 Å². The van der Waals surface area contributed by atoms with Crippen LogP contribution in [0.4, 0.5) is 17.6 Å². The molecule has 0 aliphatic heterocycles. The van der Waals surface area contributed by atoms with E-state index in [2.05, 4.69) is 0 Å². The second-order valence-corrected chi connectivity index (χ2v) is 4.64. The number of benzene rings is 2. The van der Waals surface area contributed by atoms with Crippen molar-refractivity contribution in [1.29, 1.82) is 0 Å². The Hall–Kier alpha value is -1.59. The van der Waals surface area contributed by atoms with Crippen molar-refractivity contribution in [3.05, 3.63) is 70.0 Å². The summed E-state index contributed by atoms with van der Waals surface area (Å²) in [4.78, 5) is 0. The van der Waals surface area contributed by atoms with Gasteiger partial charge in [0.25, 0.3) is 0 Å². The van der Waals surface area contributed by atoms with Crippen molar-refractivity contribution >= 4 is 11.6 Å². The molecule has 0 aliphatic rings. The predicted molar refractivity (Wildman–Crippen MR) is 68.9 cm³/mol. The van der Waals surface area contributed by atoms with Gasteiger partial charge in [-0.15, -0.1) is 0 Å². The Bertz CT molecular complexity index is 625. The normalized spacial score (nSPS) is 13.3. The van der Waals surface area contributed by atoms with Gasteiger partial charge in [-0.2, -0.15) is 13.2 Å². The number of halogens is 5. The monoisotopic (exact) mass is 303 g/mol. The topological polar surface area (TPSA) is 26.0 Å². The molecule has 2 aromatic carbocycles. The third-order valence-electron chi connectivity index (χ3n) is 2.90. The molecule has 2 aromatic rings. The summed E-state index contributed by atoms with van der Waals surface area (Å²) in [5, 5.41) is 0.275. The lowest BCUT2D eigenvalue weighted by atomic mass is 9.97. The van der Waals surface area contributed by atoms with Crippen LogP contribution in [0.2, 0.25) is 5.02 Å². The van der Waals surface area contributed by atoms with E-state index in [1.165, 1.54) is 0 Å². The fourth-order valence-electron chi connectivity index (χ4n) is 1.85. The van der Waals surface area contributed by atoms with Crippen molar-refractivity contribution in [3.8, 4) is 0 Å². The lowest BCUT2D eigenvalue weighted by Crippen LogP contribution is -2.16. The first kappa shape index (κ1) is 14.8. The largest absolute Gasteiger partial charge is 0.416 e. The van der Waals surface area contributed by atoms with Gasteiger partial charge in [0, 0.05) is 10.6 Å². The lowest BCUT2D eigenvalue weighted by molar-refractivity contribution is -0.137. The van der Waals surface area contributed by atoms with E-state index < -0.39 is 23.6 Å². The molecular formula is C14H10ClF4N. The second-order valence-electron chi connectivity index (χ2n) is 4.23. The molecule has 2 N–H and O–H groups in total. The van der Waals surface area contributed by atoms with E-state index in [1.807, 2.05) is 0 Å². The van der Waals surface area contributed by atoms with Gasteiger partial charge in [-0.05, 0) is 29.8 Å². The number of nitrogens with two attached hydrogens (primary N) is 1. The van der Waals surface area contributed by atoms with Gasteiger partial charge in [-0.3, -0.25) is 0 Å². The van der Waals surface area contributed by atoms with E-state index in [4.69, 9.17) is 17.3 Å². The third-order valence-corrected chi connectivity index (χ3v) is 3.24. The highest BCUT2D eigenvalue weighted by atomic mass is 35.5. The standard InChI is InChI=1S/C14H10ClF4N/c15-11-4-2-1-3-9(11)13(20)10-7-8(14(17,18)19)5-6-12(10)16/h1-7,13H,20H2. The fourth-order valence-corrected chi connectivity index (χ4v) is 2.11. The minimum absolute atomic E-state index is 0.243. The number of hydrogen-bond acceptors (Lipinski definition) is 1. The molecule has 0 saturated carbocycles. The third kappa shape index (κ3) is 2.94. The van der Waals surface area contributed by atoms with E-state index in [9.17, 15) is 17.6 Å². The van der Waals surface area contributed by atoms with Crippen molar-refractivity contribution in [2.75, 3.05) is 0 Å². The summed E-state index contributed by atoms with van der Waals surface area (Å²) >= 11 is 5.93. The van der Waals surface area contributed by atoms with Crippen LogP contribution in [-0.2, 0) is 6.18 Å². The molecule has 0 aromatic heterocycles. The van der Waals surface area contributed by atoms with Gasteiger partial charge in [0.15, 0.2) is 0 Å². The summed E-state index contributed by atoms with van der Waals surface area (Å²) in [5.74, 6) is -0.801. The molecule has 0 fully saturated rings. The van der Waals surface area contributed by atoms with Crippen molar-refractivity contribution in [2.45, 2.75) is 12.2 Å². The maximum atomic E-state index is 13.7. The predicted octanol–water partition coefficient (Wildman–Crippen LogP) is 4.55. The summed E-state index contributed by atoms with van der Waals surface area (Å²) in [5.41, 5.74) is 5.02. The molecule has 6 heteroatoms. The van der Waals surface area contributed by atoms with Crippen LogP contribution in [0.5, 0.6) is 0 Å². The highest BCUT2D eigenvalue weighted by molar-refractivity contribution is 6.31. The molecule has 2 rings (SSSR count). The smallest absolute Gasteiger partial charge is 0.320 e. The maximum absolute atomic E-state index is 13.7. The van der Waals surface area contributed by atoms with Gasteiger partial charge < -0.3 is 5.73 Å². The van der Waals surface area contributed by atoms with Gasteiger partial charge in [-0.1, -0.05) is 29.8 Å². The first-order valence-corrected chi connectivity index (χ1v) is 6.05. The second kappa shape index (κ2) is 5.42. The van der Waals surface area contributed by atoms with Crippen molar-refractivity contribution < 1.29 is 17.6 Å².